The monoisotopic (exact) mass is 332 g/mol. The quantitative estimate of drug-likeness (QED) is 0.863. The largest absolute Gasteiger partial charge is 0.444 e. The van der Waals surface area contributed by atoms with Crippen LogP contribution in [-0.4, -0.2) is 42.3 Å². The van der Waals surface area contributed by atoms with E-state index >= 15 is 0 Å². The lowest BCUT2D eigenvalue weighted by atomic mass is 9.94. The Morgan fingerprint density at radius 3 is 2.63 bits per heavy atom. The standard InChI is InChI=1S/C14H25BrN2O2/c1-10-8-17(9-11(2)15)7-6-12(10)16-13(18)19-14(3,4)5/h10,12H,2,6-9H2,1,3-5H3,(H,16,18)/t10-,12-/m1/s1. The van der Waals surface area contributed by atoms with Gasteiger partial charge in [-0.05, 0) is 33.1 Å². The van der Waals surface area contributed by atoms with E-state index in [4.69, 9.17) is 4.74 Å². The van der Waals surface area contributed by atoms with Crippen molar-refractivity contribution in [1.82, 2.24) is 10.2 Å². The zero-order chi connectivity index (χ0) is 14.6. The van der Waals surface area contributed by atoms with E-state index in [9.17, 15) is 4.79 Å². The Hall–Kier alpha value is -0.550. The smallest absolute Gasteiger partial charge is 0.407 e. The lowest BCUT2D eigenvalue weighted by Crippen LogP contribution is -2.51. The van der Waals surface area contributed by atoms with E-state index in [0.717, 1.165) is 30.5 Å². The van der Waals surface area contributed by atoms with Crippen molar-refractivity contribution in [2.24, 2.45) is 5.92 Å². The van der Waals surface area contributed by atoms with Crippen LogP contribution in [-0.2, 0) is 4.74 Å². The highest BCUT2D eigenvalue weighted by Crippen LogP contribution is 2.19. The molecule has 1 N–H and O–H groups in total. The fraction of sp³-hybridized carbons (Fsp3) is 0.786. The normalized spacial score (nSPS) is 24.9. The Kier molecular flexibility index (Phi) is 5.86. The predicted octanol–water partition coefficient (Wildman–Crippen LogP) is 3.13. The molecule has 0 aromatic rings. The predicted molar refractivity (Wildman–Crippen MR) is 81.4 cm³/mol. The van der Waals surface area contributed by atoms with Gasteiger partial charge in [0.05, 0.1) is 0 Å². The van der Waals surface area contributed by atoms with Crippen LogP contribution in [0.5, 0.6) is 0 Å². The minimum atomic E-state index is -0.443. The molecule has 0 aromatic heterocycles. The summed E-state index contributed by atoms with van der Waals surface area (Å²) in [6, 6.07) is 0.190. The number of likely N-dealkylation sites (tertiary alicyclic amines) is 1. The van der Waals surface area contributed by atoms with Crippen LogP contribution in [0.4, 0.5) is 4.79 Å². The number of carbonyl (C=O) groups excluding carboxylic acids is 1. The second-order valence-electron chi connectivity index (χ2n) is 6.27. The summed E-state index contributed by atoms with van der Waals surface area (Å²) >= 11 is 3.39. The number of carbonyl (C=O) groups is 1. The van der Waals surface area contributed by atoms with E-state index in [0.29, 0.717) is 5.92 Å². The van der Waals surface area contributed by atoms with Gasteiger partial charge in [-0.1, -0.05) is 29.4 Å². The van der Waals surface area contributed by atoms with Crippen molar-refractivity contribution < 1.29 is 9.53 Å². The lowest BCUT2D eigenvalue weighted by Gasteiger charge is -2.37. The number of rotatable bonds is 3. The molecule has 1 aliphatic heterocycles. The van der Waals surface area contributed by atoms with E-state index in [-0.39, 0.29) is 12.1 Å². The molecular weight excluding hydrogens is 308 g/mol. The van der Waals surface area contributed by atoms with Gasteiger partial charge in [0.25, 0.3) is 0 Å². The van der Waals surface area contributed by atoms with Crippen molar-refractivity contribution in [1.29, 1.82) is 0 Å². The van der Waals surface area contributed by atoms with Crippen LogP contribution >= 0.6 is 15.9 Å². The Bertz CT molecular complexity index is 339. The second-order valence-corrected chi connectivity index (χ2v) is 7.39. The number of piperidine rings is 1. The third kappa shape index (κ3) is 6.43. The number of alkyl carbamates (subject to hydrolysis) is 1. The zero-order valence-electron chi connectivity index (χ0n) is 12.3. The van der Waals surface area contributed by atoms with Crippen molar-refractivity contribution in [2.45, 2.75) is 45.8 Å². The number of ether oxygens (including phenoxy) is 1. The topological polar surface area (TPSA) is 41.6 Å². The van der Waals surface area contributed by atoms with Gasteiger partial charge in [0.15, 0.2) is 0 Å². The van der Waals surface area contributed by atoms with Gasteiger partial charge in [-0.15, -0.1) is 0 Å². The van der Waals surface area contributed by atoms with E-state index in [2.05, 4.69) is 39.6 Å². The first-order valence-electron chi connectivity index (χ1n) is 6.72. The number of nitrogens with one attached hydrogen (secondary N) is 1. The Balaban J connectivity index is 2.41. The van der Waals surface area contributed by atoms with Crippen molar-refractivity contribution >= 4 is 22.0 Å². The molecule has 4 nitrogen and oxygen atoms in total. The van der Waals surface area contributed by atoms with Gasteiger partial charge in [0, 0.05) is 30.2 Å². The van der Waals surface area contributed by atoms with Gasteiger partial charge in [0.2, 0.25) is 0 Å². The third-order valence-corrected chi connectivity index (χ3v) is 3.34. The molecule has 1 rings (SSSR count). The highest BCUT2D eigenvalue weighted by atomic mass is 79.9. The minimum Gasteiger partial charge on any atom is -0.444 e. The van der Waals surface area contributed by atoms with Gasteiger partial charge in [0.1, 0.15) is 5.60 Å². The maximum absolute atomic E-state index is 11.8. The van der Waals surface area contributed by atoms with Gasteiger partial charge in [-0.25, -0.2) is 4.79 Å². The summed E-state index contributed by atoms with van der Waals surface area (Å²) in [5.74, 6) is 0.410. The van der Waals surface area contributed by atoms with E-state index in [1.165, 1.54) is 0 Å². The summed E-state index contributed by atoms with van der Waals surface area (Å²) in [5.41, 5.74) is -0.443. The molecule has 0 radical (unpaired) electrons. The molecule has 0 bridgehead atoms. The molecule has 5 heteroatoms. The van der Waals surface area contributed by atoms with Crippen molar-refractivity contribution in [3.63, 3.8) is 0 Å². The Labute approximate surface area is 124 Å². The molecule has 0 saturated carbocycles. The summed E-state index contributed by atoms with van der Waals surface area (Å²) in [6.45, 7) is 14.4. The van der Waals surface area contributed by atoms with Crippen molar-refractivity contribution in [3.05, 3.63) is 11.1 Å². The SMILES string of the molecule is C=C(Br)CN1CC[C@@H](NC(=O)OC(C)(C)C)[C@H](C)C1. The minimum absolute atomic E-state index is 0.190. The Morgan fingerprint density at radius 1 is 1.53 bits per heavy atom. The molecule has 110 valence electrons. The molecular formula is C14H25BrN2O2. The molecule has 1 amide bonds. The van der Waals surface area contributed by atoms with E-state index in [1.54, 1.807) is 0 Å². The zero-order valence-corrected chi connectivity index (χ0v) is 13.9. The van der Waals surface area contributed by atoms with Crippen LogP contribution in [0, 0.1) is 5.92 Å². The van der Waals surface area contributed by atoms with Crippen LogP contribution in [0.2, 0.25) is 0 Å². The van der Waals surface area contributed by atoms with Crippen molar-refractivity contribution in [2.75, 3.05) is 19.6 Å². The lowest BCUT2D eigenvalue weighted by molar-refractivity contribution is 0.0448. The summed E-state index contributed by atoms with van der Waals surface area (Å²) in [6.07, 6.45) is 0.628. The van der Waals surface area contributed by atoms with Crippen LogP contribution in [0.1, 0.15) is 34.1 Å². The number of nitrogens with zero attached hydrogens (tertiary/aromatic N) is 1. The van der Waals surface area contributed by atoms with Gasteiger partial charge in [-0.3, -0.25) is 4.90 Å². The molecule has 0 unspecified atom stereocenters. The maximum Gasteiger partial charge on any atom is 0.407 e. The second kappa shape index (κ2) is 6.75. The first-order valence-corrected chi connectivity index (χ1v) is 7.52. The third-order valence-electron chi connectivity index (χ3n) is 3.09. The molecule has 0 aliphatic carbocycles. The highest BCUT2D eigenvalue weighted by molar-refractivity contribution is 9.11. The Morgan fingerprint density at radius 2 is 2.16 bits per heavy atom. The van der Waals surface area contributed by atoms with E-state index < -0.39 is 5.60 Å². The molecule has 2 atom stereocenters. The highest BCUT2D eigenvalue weighted by Gasteiger charge is 2.28. The first-order chi connectivity index (χ1) is 8.67. The summed E-state index contributed by atoms with van der Waals surface area (Å²) in [7, 11) is 0. The molecule has 1 heterocycles. The van der Waals surface area contributed by atoms with E-state index in [1.807, 2.05) is 20.8 Å². The molecule has 1 aliphatic rings. The average Bonchev–Trinajstić information content (AvgIpc) is 2.18. The van der Waals surface area contributed by atoms with Crippen LogP contribution in [0.15, 0.2) is 11.1 Å². The fourth-order valence-corrected chi connectivity index (χ4v) is 2.65. The molecule has 19 heavy (non-hydrogen) atoms. The summed E-state index contributed by atoms with van der Waals surface area (Å²) < 4.78 is 6.29. The molecule has 1 saturated heterocycles. The first kappa shape index (κ1) is 16.5. The van der Waals surface area contributed by atoms with Crippen LogP contribution in [0.3, 0.4) is 0 Å². The number of amides is 1. The van der Waals surface area contributed by atoms with Gasteiger partial charge >= 0.3 is 6.09 Å². The van der Waals surface area contributed by atoms with Crippen LogP contribution < -0.4 is 5.32 Å². The van der Waals surface area contributed by atoms with Gasteiger partial charge in [-0.2, -0.15) is 0 Å². The number of hydrogen-bond acceptors (Lipinski definition) is 3. The fourth-order valence-electron chi connectivity index (χ4n) is 2.29. The summed E-state index contributed by atoms with van der Waals surface area (Å²) in [5, 5.41) is 2.98. The van der Waals surface area contributed by atoms with Gasteiger partial charge < -0.3 is 10.1 Å². The number of hydrogen-bond donors (Lipinski definition) is 1. The van der Waals surface area contributed by atoms with Crippen LogP contribution in [0.25, 0.3) is 0 Å². The van der Waals surface area contributed by atoms with Crippen molar-refractivity contribution in [3.8, 4) is 0 Å². The molecule has 0 aromatic carbocycles. The maximum atomic E-state index is 11.8. The molecule has 0 spiro atoms. The average molecular weight is 333 g/mol. The molecule has 1 fully saturated rings. The number of halogens is 1. The summed E-state index contributed by atoms with van der Waals surface area (Å²) in [4.78, 5) is 14.1.